The minimum Gasteiger partial charge on any atom is -0.0836 e. The number of halogens is 2. The zero-order chi connectivity index (χ0) is 8.55. The van der Waals surface area contributed by atoms with Gasteiger partial charge in [-0.1, -0.05) is 47.5 Å². The Labute approximate surface area is 80.7 Å². The highest BCUT2D eigenvalue weighted by molar-refractivity contribution is 6.38. The van der Waals surface area contributed by atoms with E-state index in [2.05, 4.69) is 6.07 Å². The summed E-state index contributed by atoms with van der Waals surface area (Å²) in [6.45, 7) is 0. The maximum absolute atomic E-state index is 5.96. The lowest BCUT2D eigenvalue weighted by atomic mass is 10.1. The fraction of sp³-hybridized carbons (Fsp3) is 0. The van der Waals surface area contributed by atoms with Gasteiger partial charge in [0.2, 0.25) is 0 Å². The van der Waals surface area contributed by atoms with E-state index < -0.39 is 0 Å². The third kappa shape index (κ3) is 1.28. The van der Waals surface area contributed by atoms with E-state index >= 15 is 0 Å². The van der Waals surface area contributed by atoms with Crippen molar-refractivity contribution in [2.45, 2.75) is 0 Å². The number of hydrogen-bond donors (Lipinski definition) is 0. The van der Waals surface area contributed by atoms with Crippen LogP contribution in [-0.2, 0) is 0 Å². The number of hydrogen-bond acceptors (Lipinski definition) is 0. The molecule has 0 saturated heterocycles. The normalized spacial score (nSPS) is 10.5. The van der Waals surface area contributed by atoms with E-state index in [9.17, 15) is 0 Å². The highest BCUT2D eigenvalue weighted by atomic mass is 35.5. The van der Waals surface area contributed by atoms with Gasteiger partial charge in [-0.3, -0.25) is 0 Å². The average molecular weight is 196 g/mol. The molecule has 0 aliphatic rings. The van der Waals surface area contributed by atoms with Crippen molar-refractivity contribution < 1.29 is 0 Å². The van der Waals surface area contributed by atoms with Gasteiger partial charge in [-0.25, -0.2) is 0 Å². The third-order valence-electron chi connectivity index (χ3n) is 1.69. The fourth-order valence-electron chi connectivity index (χ4n) is 1.15. The van der Waals surface area contributed by atoms with E-state index in [0.29, 0.717) is 10.0 Å². The highest BCUT2D eigenvalue weighted by Gasteiger charge is 1.99. The summed E-state index contributed by atoms with van der Waals surface area (Å²) in [4.78, 5) is 0. The van der Waals surface area contributed by atoms with Gasteiger partial charge < -0.3 is 0 Å². The van der Waals surface area contributed by atoms with Crippen molar-refractivity contribution in [3.8, 4) is 0 Å². The molecule has 0 fully saturated rings. The molecular formula is C10H5Cl2. The summed E-state index contributed by atoms with van der Waals surface area (Å²) in [6, 6.07) is 12.5. The van der Waals surface area contributed by atoms with E-state index in [4.69, 9.17) is 23.2 Å². The van der Waals surface area contributed by atoms with Crippen molar-refractivity contribution in [1.29, 1.82) is 0 Å². The molecule has 59 valence electrons. The van der Waals surface area contributed by atoms with Gasteiger partial charge in [-0.2, -0.15) is 0 Å². The van der Waals surface area contributed by atoms with E-state index in [1.54, 1.807) is 6.07 Å². The number of benzene rings is 2. The van der Waals surface area contributed by atoms with Crippen LogP contribution in [0.15, 0.2) is 30.3 Å². The zero-order valence-electron chi connectivity index (χ0n) is 6.14. The largest absolute Gasteiger partial charge is 0.0836 e. The first-order valence-corrected chi connectivity index (χ1v) is 4.29. The Morgan fingerprint density at radius 1 is 1.08 bits per heavy atom. The summed E-state index contributed by atoms with van der Waals surface area (Å²) in [5.74, 6) is 0. The van der Waals surface area contributed by atoms with Crippen LogP contribution < -0.4 is 0 Å². The molecule has 2 rings (SSSR count). The van der Waals surface area contributed by atoms with Crippen molar-refractivity contribution in [2.75, 3.05) is 0 Å². The van der Waals surface area contributed by atoms with Crippen molar-refractivity contribution in [2.24, 2.45) is 0 Å². The molecule has 0 aliphatic heterocycles. The molecule has 0 aromatic heterocycles. The fourth-order valence-corrected chi connectivity index (χ4v) is 1.69. The predicted molar refractivity (Wildman–Crippen MR) is 52.8 cm³/mol. The Morgan fingerprint density at radius 3 is 2.67 bits per heavy atom. The SMILES string of the molecule is Clc1[c]c2ccccc2c(Cl)c1. The van der Waals surface area contributed by atoms with E-state index in [-0.39, 0.29) is 0 Å². The van der Waals surface area contributed by atoms with Crippen LogP contribution >= 0.6 is 23.2 Å². The lowest BCUT2D eigenvalue weighted by Gasteiger charge is -1.99. The van der Waals surface area contributed by atoms with Crippen LogP contribution in [0.3, 0.4) is 0 Å². The van der Waals surface area contributed by atoms with Crippen LogP contribution in [0.25, 0.3) is 10.8 Å². The molecule has 12 heavy (non-hydrogen) atoms. The maximum atomic E-state index is 5.96. The molecule has 0 bridgehead atoms. The first-order chi connectivity index (χ1) is 5.77. The van der Waals surface area contributed by atoms with Gasteiger partial charge in [-0.05, 0) is 11.5 Å². The summed E-state index contributed by atoms with van der Waals surface area (Å²) in [5.41, 5.74) is 0. The molecule has 0 unspecified atom stereocenters. The first-order valence-electron chi connectivity index (χ1n) is 3.53. The monoisotopic (exact) mass is 195 g/mol. The van der Waals surface area contributed by atoms with Gasteiger partial charge in [0, 0.05) is 16.5 Å². The first kappa shape index (κ1) is 7.90. The number of rotatable bonds is 0. The lowest BCUT2D eigenvalue weighted by molar-refractivity contribution is 1.73. The maximum Gasteiger partial charge on any atom is 0.0506 e. The van der Waals surface area contributed by atoms with Crippen LogP contribution in [0.4, 0.5) is 0 Å². The minimum atomic E-state index is 0.554. The van der Waals surface area contributed by atoms with Crippen LogP contribution in [0.5, 0.6) is 0 Å². The van der Waals surface area contributed by atoms with Crippen molar-refractivity contribution >= 4 is 34.0 Å². The van der Waals surface area contributed by atoms with E-state index in [1.807, 2.05) is 24.3 Å². The third-order valence-corrected chi connectivity index (χ3v) is 2.21. The van der Waals surface area contributed by atoms with Crippen molar-refractivity contribution in [1.82, 2.24) is 0 Å². The average Bonchev–Trinajstić information content (AvgIpc) is 2.04. The molecule has 0 heterocycles. The Kier molecular flexibility index (Phi) is 1.95. The molecule has 0 spiro atoms. The Bertz CT molecular complexity index is 421. The van der Waals surface area contributed by atoms with Crippen LogP contribution in [0, 0.1) is 6.07 Å². The molecule has 0 nitrogen and oxygen atoms in total. The summed E-state index contributed by atoms with van der Waals surface area (Å²) >= 11 is 11.7. The second kappa shape index (κ2) is 2.96. The quantitative estimate of drug-likeness (QED) is 0.598. The van der Waals surface area contributed by atoms with Crippen molar-refractivity contribution in [3.05, 3.63) is 46.4 Å². The zero-order valence-corrected chi connectivity index (χ0v) is 7.65. The summed E-state index contributed by atoms with van der Waals surface area (Å²) in [5, 5.41) is 3.17. The van der Waals surface area contributed by atoms with Gasteiger partial charge in [0.1, 0.15) is 0 Å². The number of fused-ring (bicyclic) bond motifs is 1. The second-order valence-corrected chi connectivity index (χ2v) is 3.33. The molecule has 0 amide bonds. The molecule has 0 saturated carbocycles. The summed E-state index contributed by atoms with van der Waals surface area (Å²) in [7, 11) is 0. The van der Waals surface area contributed by atoms with Gasteiger partial charge in [0.05, 0.1) is 5.02 Å². The predicted octanol–water partition coefficient (Wildman–Crippen LogP) is 3.95. The van der Waals surface area contributed by atoms with Gasteiger partial charge in [0.25, 0.3) is 0 Å². The van der Waals surface area contributed by atoms with Crippen LogP contribution in [0.1, 0.15) is 0 Å². The second-order valence-electron chi connectivity index (χ2n) is 2.51. The van der Waals surface area contributed by atoms with E-state index in [0.717, 1.165) is 10.8 Å². The minimum absolute atomic E-state index is 0.554. The highest BCUT2D eigenvalue weighted by Crippen LogP contribution is 2.26. The molecule has 2 aromatic rings. The molecule has 0 N–H and O–H groups in total. The van der Waals surface area contributed by atoms with Crippen LogP contribution in [-0.4, -0.2) is 0 Å². The molecule has 2 heteroatoms. The van der Waals surface area contributed by atoms with Gasteiger partial charge in [-0.15, -0.1) is 0 Å². The lowest BCUT2D eigenvalue weighted by Crippen LogP contribution is -1.74. The standard InChI is InChI=1S/C10H5Cl2/c11-8-5-7-3-1-2-4-9(7)10(12)6-8/h1-4,6H. The Morgan fingerprint density at radius 2 is 1.83 bits per heavy atom. The van der Waals surface area contributed by atoms with Crippen LogP contribution in [0.2, 0.25) is 10.0 Å². The molecular weight excluding hydrogens is 191 g/mol. The molecule has 0 atom stereocenters. The molecule has 2 aromatic carbocycles. The molecule has 0 aliphatic carbocycles. The van der Waals surface area contributed by atoms with Gasteiger partial charge >= 0.3 is 0 Å². The smallest absolute Gasteiger partial charge is 0.0506 e. The topological polar surface area (TPSA) is 0 Å². The summed E-state index contributed by atoms with van der Waals surface area (Å²) < 4.78 is 0. The Hall–Kier alpha value is -0.720. The van der Waals surface area contributed by atoms with Crippen molar-refractivity contribution in [3.63, 3.8) is 0 Å². The summed E-state index contributed by atoms with van der Waals surface area (Å²) in [6.07, 6.45) is 0. The van der Waals surface area contributed by atoms with Gasteiger partial charge in [0.15, 0.2) is 0 Å². The molecule has 1 radical (unpaired) electrons. The Balaban J connectivity index is 2.89. The van der Waals surface area contributed by atoms with E-state index in [1.165, 1.54) is 0 Å².